The van der Waals surface area contributed by atoms with Crippen molar-refractivity contribution in [1.29, 1.82) is 0 Å². The fourth-order valence-corrected chi connectivity index (χ4v) is 1.20. The topological polar surface area (TPSA) is 26.0 Å². The van der Waals surface area contributed by atoms with Gasteiger partial charge in [-0.25, -0.2) is 13.2 Å². The summed E-state index contributed by atoms with van der Waals surface area (Å²) >= 11 is 0. The predicted molar refractivity (Wildman–Crippen MR) is 48.6 cm³/mol. The second-order valence-corrected chi connectivity index (χ2v) is 3.10. The third-order valence-corrected chi connectivity index (χ3v) is 2.12. The molecule has 2 N–H and O–H groups in total. The first-order valence-corrected chi connectivity index (χ1v) is 4.39. The van der Waals surface area contributed by atoms with Gasteiger partial charge in [-0.15, -0.1) is 0 Å². The van der Waals surface area contributed by atoms with E-state index in [1.54, 1.807) is 0 Å². The predicted octanol–water partition coefficient (Wildman–Crippen LogP) is 3.17. The molecule has 1 atom stereocenters. The van der Waals surface area contributed by atoms with Crippen LogP contribution in [0.15, 0.2) is 18.2 Å². The van der Waals surface area contributed by atoms with Crippen molar-refractivity contribution in [3.8, 4) is 0 Å². The van der Waals surface area contributed by atoms with E-state index in [1.807, 2.05) is 6.92 Å². The van der Waals surface area contributed by atoms with Gasteiger partial charge in [-0.3, -0.25) is 0 Å². The van der Waals surface area contributed by atoms with E-state index in [1.165, 1.54) is 6.07 Å². The lowest BCUT2D eigenvalue weighted by Gasteiger charge is -2.11. The maximum absolute atomic E-state index is 12.9. The molecule has 1 aromatic rings. The van der Waals surface area contributed by atoms with Gasteiger partial charge in [0.05, 0.1) is 5.56 Å². The van der Waals surface area contributed by atoms with E-state index >= 15 is 0 Å². The molecule has 14 heavy (non-hydrogen) atoms. The van der Waals surface area contributed by atoms with Crippen molar-refractivity contribution in [1.82, 2.24) is 0 Å². The van der Waals surface area contributed by atoms with Gasteiger partial charge in [0.1, 0.15) is 5.82 Å². The Hall–Kier alpha value is -1.03. The van der Waals surface area contributed by atoms with Crippen molar-refractivity contribution >= 4 is 0 Å². The monoisotopic (exact) mass is 203 g/mol. The highest BCUT2D eigenvalue weighted by molar-refractivity contribution is 5.28. The highest BCUT2D eigenvalue weighted by atomic mass is 19.3. The van der Waals surface area contributed by atoms with Gasteiger partial charge in [-0.1, -0.05) is 13.0 Å². The Morgan fingerprint density at radius 2 is 2.00 bits per heavy atom. The number of hydrogen-bond acceptors (Lipinski definition) is 1. The molecule has 0 amide bonds. The van der Waals surface area contributed by atoms with Crippen molar-refractivity contribution in [3.63, 3.8) is 0 Å². The first-order valence-electron chi connectivity index (χ1n) is 4.39. The zero-order chi connectivity index (χ0) is 10.7. The number of nitrogens with two attached hydrogens (primary N) is 1. The largest absolute Gasteiger partial charge is 0.324 e. The summed E-state index contributed by atoms with van der Waals surface area (Å²) in [6, 6.07) is 3.30. The minimum Gasteiger partial charge on any atom is -0.324 e. The van der Waals surface area contributed by atoms with E-state index in [0.717, 1.165) is 12.1 Å². The molecular weight excluding hydrogens is 191 g/mol. The summed E-state index contributed by atoms with van der Waals surface area (Å²) in [5, 5.41) is 0. The van der Waals surface area contributed by atoms with Gasteiger partial charge in [0.15, 0.2) is 0 Å². The molecular formula is C10H12F3N. The first-order chi connectivity index (χ1) is 6.56. The molecule has 0 aliphatic carbocycles. The molecule has 0 aliphatic rings. The quantitative estimate of drug-likeness (QED) is 0.802. The molecule has 78 valence electrons. The lowest BCUT2D eigenvalue weighted by molar-refractivity contribution is 0.146. The highest BCUT2D eigenvalue weighted by Crippen LogP contribution is 2.25. The summed E-state index contributed by atoms with van der Waals surface area (Å²) in [6.45, 7) is 1.84. The van der Waals surface area contributed by atoms with Gasteiger partial charge in [0.25, 0.3) is 6.43 Å². The van der Waals surface area contributed by atoms with Gasteiger partial charge in [-0.2, -0.15) is 0 Å². The second kappa shape index (κ2) is 4.46. The lowest BCUT2D eigenvalue weighted by atomic mass is 10.0. The fraction of sp³-hybridized carbons (Fsp3) is 0.400. The standard InChI is InChI=1S/C10H12F3N/c1-2-9(14)6-3-4-8(11)7(5-6)10(12)13/h3-5,9-10H,2,14H2,1H3/t9-/m0/s1. The Balaban J connectivity index is 3.06. The maximum Gasteiger partial charge on any atom is 0.266 e. The van der Waals surface area contributed by atoms with Crippen molar-refractivity contribution in [2.45, 2.75) is 25.8 Å². The van der Waals surface area contributed by atoms with E-state index < -0.39 is 17.8 Å². The lowest BCUT2D eigenvalue weighted by Crippen LogP contribution is -2.09. The molecule has 1 nitrogen and oxygen atoms in total. The van der Waals surface area contributed by atoms with E-state index in [2.05, 4.69) is 0 Å². The molecule has 0 saturated heterocycles. The minimum atomic E-state index is -2.79. The van der Waals surface area contributed by atoms with Crippen LogP contribution in [0.5, 0.6) is 0 Å². The summed E-state index contributed by atoms with van der Waals surface area (Å²) in [4.78, 5) is 0. The molecule has 0 fully saturated rings. The van der Waals surface area contributed by atoms with Gasteiger partial charge in [-0.05, 0) is 24.1 Å². The van der Waals surface area contributed by atoms with Crippen LogP contribution >= 0.6 is 0 Å². The van der Waals surface area contributed by atoms with Crippen molar-refractivity contribution in [3.05, 3.63) is 35.1 Å². The Morgan fingerprint density at radius 1 is 1.36 bits per heavy atom. The van der Waals surface area contributed by atoms with Crippen LogP contribution in [-0.4, -0.2) is 0 Å². The van der Waals surface area contributed by atoms with Gasteiger partial charge in [0, 0.05) is 6.04 Å². The average Bonchev–Trinajstić information content (AvgIpc) is 2.17. The van der Waals surface area contributed by atoms with Crippen LogP contribution in [0, 0.1) is 5.82 Å². The van der Waals surface area contributed by atoms with E-state index in [9.17, 15) is 13.2 Å². The van der Waals surface area contributed by atoms with Crippen LogP contribution < -0.4 is 5.73 Å². The van der Waals surface area contributed by atoms with Crippen molar-refractivity contribution in [2.75, 3.05) is 0 Å². The first kappa shape index (κ1) is 11.0. The molecule has 0 saturated carbocycles. The third kappa shape index (κ3) is 2.26. The minimum absolute atomic E-state index is 0.312. The molecule has 1 aromatic carbocycles. The van der Waals surface area contributed by atoms with Crippen LogP contribution in [0.2, 0.25) is 0 Å². The van der Waals surface area contributed by atoms with Crippen LogP contribution in [0.3, 0.4) is 0 Å². The summed E-state index contributed by atoms with van der Waals surface area (Å²) in [6.07, 6.45) is -2.16. The van der Waals surface area contributed by atoms with Gasteiger partial charge < -0.3 is 5.73 Å². The number of rotatable bonds is 3. The second-order valence-electron chi connectivity index (χ2n) is 3.10. The van der Waals surface area contributed by atoms with Crippen LogP contribution in [-0.2, 0) is 0 Å². The fourth-order valence-electron chi connectivity index (χ4n) is 1.20. The SMILES string of the molecule is CC[C@H](N)c1ccc(F)c(C(F)F)c1. The van der Waals surface area contributed by atoms with Crippen LogP contribution in [0.4, 0.5) is 13.2 Å². The number of benzene rings is 1. The molecule has 0 spiro atoms. The summed E-state index contributed by atoms with van der Waals surface area (Å²) < 4.78 is 37.5. The highest BCUT2D eigenvalue weighted by Gasteiger charge is 2.15. The molecule has 0 aliphatic heterocycles. The molecule has 4 heteroatoms. The van der Waals surface area contributed by atoms with Crippen molar-refractivity contribution < 1.29 is 13.2 Å². The normalized spacial score (nSPS) is 13.3. The zero-order valence-electron chi connectivity index (χ0n) is 7.81. The Bertz CT molecular complexity index is 312. The smallest absolute Gasteiger partial charge is 0.266 e. The maximum atomic E-state index is 12.9. The van der Waals surface area contributed by atoms with E-state index in [4.69, 9.17) is 5.73 Å². The van der Waals surface area contributed by atoms with Gasteiger partial charge >= 0.3 is 0 Å². The van der Waals surface area contributed by atoms with E-state index in [-0.39, 0.29) is 6.04 Å². The molecule has 0 heterocycles. The Morgan fingerprint density at radius 3 is 2.50 bits per heavy atom. The summed E-state index contributed by atoms with van der Waals surface area (Å²) in [5.74, 6) is -0.882. The molecule has 0 bridgehead atoms. The zero-order valence-corrected chi connectivity index (χ0v) is 7.81. The number of alkyl halides is 2. The van der Waals surface area contributed by atoms with Gasteiger partial charge in [0.2, 0.25) is 0 Å². The van der Waals surface area contributed by atoms with E-state index in [0.29, 0.717) is 12.0 Å². The summed E-state index contributed by atoms with van der Waals surface area (Å²) in [5.41, 5.74) is 5.61. The van der Waals surface area contributed by atoms with Crippen LogP contribution in [0.1, 0.15) is 36.9 Å². The van der Waals surface area contributed by atoms with Crippen molar-refractivity contribution in [2.24, 2.45) is 5.73 Å². The Kier molecular flexibility index (Phi) is 3.52. The number of halogens is 3. The molecule has 0 radical (unpaired) electrons. The summed E-state index contributed by atoms with van der Waals surface area (Å²) in [7, 11) is 0. The molecule has 0 aromatic heterocycles. The molecule has 1 rings (SSSR count). The number of hydrogen-bond donors (Lipinski definition) is 1. The average molecular weight is 203 g/mol. The Labute approximate surface area is 80.7 Å². The third-order valence-electron chi connectivity index (χ3n) is 2.12. The van der Waals surface area contributed by atoms with Crippen LogP contribution in [0.25, 0.3) is 0 Å². The molecule has 0 unspecified atom stereocenters.